The number of rotatable bonds is 5. The van der Waals surface area contributed by atoms with Crippen molar-refractivity contribution in [3.8, 4) is 0 Å². The SMILES string of the molecule is Cn1nc(C2CC2)nc1CN1CCC(OC2CCCCC2)CC1. The lowest BCUT2D eigenvalue weighted by Crippen LogP contribution is -2.38. The van der Waals surface area contributed by atoms with E-state index in [2.05, 4.69) is 10.00 Å². The second-order valence-corrected chi connectivity index (χ2v) is 7.66. The van der Waals surface area contributed by atoms with Crippen LogP contribution < -0.4 is 0 Å². The zero-order valence-electron chi connectivity index (χ0n) is 14.4. The second-order valence-electron chi connectivity index (χ2n) is 7.66. The first kappa shape index (κ1) is 15.6. The predicted molar refractivity (Wildman–Crippen MR) is 89.2 cm³/mol. The largest absolute Gasteiger partial charge is 0.375 e. The lowest BCUT2D eigenvalue weighted by Gasteiger charge is -2.34. The van der Waals surface area contributed by atoms with Crippen molar-refractivity contribution in [3.05, 3.63) is 11.6 Å². The summed E-state index contributed by atoms with van der Waals surface area (Å²) in [5, 5.41) is 4.58. The Morgan fingerprint density at radius 1 is 0.957 bits per heavy atom. The molecule has 0 atom stereocenters. The van der Waals surface area contributed by atoms with Gasteiger partial charge in [-0.05, 0) is 38.5 Å². The molecule has 4 rings (SSSR count). The fourth-order valence-corrected chi connectivity index (χ4v) is 3.97. The molecule has 2 heterocycles. The summed E-state index contributed by atoms with van der Waals surface area (Å²) < 4.78 is 8.32. The summed E-state index contributed by atoms with van der Waals surface area (Å²) in [6.45, 7) is 3.19. The normalized spacial score (nSPS) is 25.1. The smallest absolute Gasteiger partial charge is 0.154 e. The number of ether oxygens (including phenoxy) is 1. The van der Waals surface area contributed by atoms with Crippen molar-refractivity contribution in [1.29, 1.82) is 0 Å². The molecule has 23 heavy (non-hydrogen) atoms. The van der Waals surface area contributed by atoms with Crippen LogP contribution in [-0.4, -0.2) is 45.0 Å². The Bertz CT molecular complexity index is 511. The van der Waals surface area contributed by atoms with Crippen LogP contribution in [0.1, 0.15) is 75.4 Å². The fraction of sp³-hybridized carbons (Fsp3) is 0.889. The Hall–Kier alpha value is -0.940. The zero-order chi connectivity index (χ0) is 15.6. The molecule has 0 radical (unpaired) electrons. The van der Waals surface area contributed by atoms with Crippen LogP contribution in [0.2, 0.25) is 0 Å². The van der Waals surface area contributed by atoms with Gasteiger partial charge in [0.05, 0.1) is 18.8 Å². The van der Waals surface area contributed by atoms with Gasteiger partial charge < -0.3 is 4.74 Å². The molecule has 0 amide bonds. The van der Waals surface area contributed by atoms with Crippen LogP contribution in [0.25, 0.3) is 0 Å². The van der Waals surface area contributed by atoms with Crippen molar-refractivity contribution >= 4 is 0 Å². The Morgan fingerprint density at radius 2 is 1.65 bits per heavy atom. The van der Waals surface area contributed by atoms with E-state index < -0.39 is 0 Å². The quantitative estimate of drug-likeness (QED) is 0.837. The van der Waals surface area contributed by atoms with Crippen molar-refractivity contribution in [1.82, 2.24) is 19.7 Å². The van der Waals surface area contributed by atoms with Gasteiger partial charge in [0, 0.05) is 26.1 Å². The summed E-state index contributed by atoms with van der Waals surface area (Å²) in [6, 6.07) is 0. The van der Waals surface area contributed by atoms with Gasteiger partial charge in [-0.2, -0.15) is 5.10 Å². The first-order valence-corrected chi connectivity index (χ1v) is 9.55. The summed E-state index contributed by atoms with van der Waals surface area (Å²) in [7, 11) is 2.03. The highest BCUT2D eigenvalue weighted by Crippen LogP contribution is 2.38. The maximum absolute atomic E-state index is 6.34. The molecule has 1 aromatic rings. The van der Waals surface area contributed by atoms with Crippen LogP contribution in [0.5, 0.6) is 0 Å². The molecule has 0 spiro atoms. The van der Waals surface area contributed by atoms with Crippen molar-refractivity contribution in [2.24, 2.45) is 7.05 Å². The summed E-state index contributed by atoms with van der Waals surface area (Å²) in [5.74, 6) is 2.83. The number of hydrogen-bond acceptors (Lipinski definition) is 4. The lowest BCUT2D eigenvalue weighted by molar-refractivity contribution is -0.0568. The van der Waals surface area contributed by atoms with Gasteiger partial charge in [0.1, 0.15) is 5.82 Å². The van der Waals surface area contributed by atoms with E-state index in [9.17, 15) is 0 Å². The van der Waals surface area contributed by atoms with Crippen LogP contribution in [0, 0.1) is 0 Å². The molecule has 5 heteroatoms. The molecule has 0 aromatic carbocycles. The van der Waals surface area contributed by atoms with Gasteiger partial charge in [-0.1, -0.05) is 19.3 Å². The molecular weight excluding hydrogens is 288 g/mol. The van der Waals surface area contributed by atoms with Crippen molar-refractivity contribution < 1.29 is 4.74 Å². The standard InChI is InChI=1S/C18H30N4O/c1-21-17(19-18(20-21)14-7-8-14)13-22-11-9-16(10-12-22)23-15-5-3-2-4-6-15/h14-16H,2-13H2,1H3. The van der Waals surface area contributed by atoms with Crippen LogP contribution in [-0.2, 0) is 18.3 Å². The van der Waals surface area contributed by atoms with E-state index in [0.717, 1.165) is 31.3 Å². The molecule has 128 valence electrons. The number of hydrogen-bond donors (Lipinski definition) is 0. The first-order valence-electron chi connectivity index (χ1n) is 9.55. The Labute approximate surface area is 139 Å². The van der Waals surface area contributed by atoms with Gasteiger partial charge in [0.25, 0.3) is 0 Å². The second kappa shape index (κ2) is 6.89. The van der Waals surface area contributed by atoms with E-state index in [0.29, 0.717) is 18.1 Å². The summed E-state index contributed by atoms with van der Waals surface area (Å²) in [5.41, 5.74) is 0. The minimum Gasteiger partial charge on any atom is -0.375 e. The molecule has 5 nitrogen and oxygen atoms in total. The maximum Gasteiger partial charge on any atom is 0.154 e. The molecule has 2 saturated carbocycles. The summed E-state index contributed by atoms with van der Waals surface area (Å²) >= 11 is 0. The molecule has 0 bridgehead atoms. The lowest BCUT2D eigenvalue weighted by atomic mass is 9.97. The van der Waals surface area contributed by atoms with Gasteiger partial charge >= 0.3 is 0 Å². The highest BCUT2D eigenvalue weighted by molar-refractivity contribution is 5.06. The first-order chi connectivity index (χ1) is 11.3. The number of nitrogens with zero attached hydrogens (tertiary/aromatic N) is 4. The third kappa shape index (κ3) is 3.94. The van der Waals surface area contributed by atoms with Crippen molar-refractivity contribution in [2.75, 3.05) is 13.1 Å². The molecule has 1 aromatic heterocycles. The van der Waals surface area contributed by atoms with E-state index in [1.54, 1.807) is 0 Å². The van der Waals surface area contributed by atoms with Crippen LogP contribution in [0.3, 0.4) is 0 Å². The third-order valence-corrected chi connectivity index (χ3v) is 5.65. The molecule has 2 aliphatic carbocycles. The zero-order valence-corrected chi connectivity index (χ0v) is 14.4. The van der Waals surface area contributed by atoms with Crippen LogP contribution in [0.4, 0.5) is 0 Å². The molecule has 1 saturated heterocycles. The number of aryl methyl sites for hydroxylation is 1. The van der Waals surface area contributed by atoms with Crippen LogP contribution >= 0.6 is 0 Å². The van der Waals surface area contributed by atoms with Crippen LogP contribution in [0.15, 0.2) is 0 Å². The van der Waals surface area contributed by atoms with E-state index in [4.69, 9.17) is 9.72 Å². The topological polar surface area (TPSA) is 43.2 Å². The summed E-state index contributed by atoms with van der Waals surface area (Å²) in [6.07, 6.45) is 12.6. The van der Waals surface area contributed by atoms with Gasteiger partial charge in [0.2, 0.25) is 0 Å². The summed E-state index contributed by atoms with van der Waals surface area (Å²) in [4.78, 5) is 7.27. The van der Waals surface area contributed by atoms with Gasteiger partial charge in [-0.3, -0.25) is 9.58 Å². The molecule has 3 aliphatic rings. The highest BCUT2D eigenvalue weighted by Gasteiger charge is 2.29. The minimum atomic E-state index is 0.482. The van der Waals surface area contributed by atoms with Crippen molar-refractivity contribution in [2.45, 2.75) is 82.5 Å². The number of aromatic nitrogens is 3. The van der Waals surface area contributed by atoms with E-state index >= 15 is 0 Å². The molecule has 0 N–H and O–H groups in total. The highest BCUT2D eigenvalue weighted by atomic mass is 16.5. The molecular formula is C18H30N4O. The minimum absolute atomic E-state index is 0.482. The van der Waals surface area contributed by atoms with Gasteiger partial charge in [-0.15, -0.1) is 0 Å². The molecule has 0 unspecified atom stereocenters. The van der Waals surface area contributed by atoms with Gasteiger partial charge in [-0.25, -0.2) is 4.98 Å². The van der Waals surface area contributed by atoms with Crippen molar-refractivity contribution in [3.63, 3.8) is 0 Å². The molecule has 1 aliphatic heterocycles. The maximum atomic E-state index is 6.34. The van der Waals surface area contributed by atoms with Gasteiger partial charge in [0.15, 0.2) is 5.82 Å². The average Bonchev–Trinajstić information content (AvgIpc) is 3.36. The Balaban J connectivity index is 1.24. The number of piperidine rings is 1. The number of likely N-dealkylation sites (tertiary alicyclic amines) is 1. The Kier molecular flexibility index (Phi) is 4.67. The monoisotopic (exact) mass is 318 g/mol. The van der Waals surface area contributed by atoms with E-state index in [1.165, 1.54) is 57.8 Å². The fourth-order valence-electron chi connectivity index (χ4n) is 3.97. The third-order valence-electron chi connectivity index (χ3n) is 5.65. The average molecular weight is 318 g/mol. The molecule has 3 fully saturated rings. The van der Waals surface area contributed by atoms with E-state index in [-0.39, 0.29) is 0 Å². The predicted octanol–water partition coefficient (Wildman–Crippen LogP) is 3.01. The Morgan fingerprint density at radius 3 is 2.35 bits per heavy atom. The van der Waals surface area contributed by atoms with E-state index in [1.807, 2.05) is 11.7 Å².